The monoisotopic (exact) mass is 315 g/mol. The normalized spacial score (nSPS) is 10.4. The molecule has 0 aromatic heterocycles. The molecule has 2 rings (SSSR count). The van der Waals surface area contributed by atoms with Crippen LogP contribution >= 0.6 is 0 Å². The SMILES string of the molecule is COc1ccc(OCCCCOc2ccc(C)cc2C)c(N)c1. The van der Waals surface area contributed by atoms with Gasteiger partial charge in [-0.2, -0.15) is 0 Å². The Hall–Kier alpha value is -2.36. The fourth-order valence-corrected chi connectivity index (χ4v) is 2.31. The second-order valence-corrected chi connectivity index (χ2v) is 5.58. The Morgan fingerprint density at radius 3 is 2.13 bits per heavy atom. The molecule has 2 aromatic rings. The molecule has 0 amide bonds. The second-order valence-electron chi connectivity index (χ2n) is 5.58. The lowest BCUT2D eigenvalue weighted by Crippen LogP contribution is -2.04. The number of rotatable bonds is 8. The zero-order valence-electron chi connectivity index (χ0n) is 14.1. The first kappa shape index (κ1) is 17.0. The van der Waals surface area contributed by atoms with Crippen LogP contribution in [0.1, 0.15) is 24.0 Å². The summed E-state index contributed by atoms with van der Waals surface area (Å²) in [6.07, 6.45) is 1.85. The molecule has 23 heavy (non-hydrogen) atoms. The number of unbranched alkanes of at least 4 members (excludes halogenated alkanes) is 1. The fourth-order valence-electron chi connectivity index (χ4n) is 2.31. The molecule has 0 spiro atoms. The highest BCUT2D eigenvalue weighted by Gasteiger charge is 2.03. The number of anilines is 1. The quantitative estimate of drug-likeness (QED) is 0.588. The number of nitrogens with two attached hydrogens (primary N) is 1. The Balaban J connectivity index is 1.68. The van der Waals surface area contributed by atoms with E-state index in [1.54, 1.807) is 13.2 Å². The van der Waals surface area contributed by atoms with Gasteiger partial charge in [0.05, 0.1) is 26.0 Å². The number of nitrogen functional groups attached to an aromatic ring is 1. The number of benzene rings is 2. The minimum atomic E-state index is 0.593. The van der Waals surface area contributed by atoms with Crippen molar-refractivity contribution in [3.8, 4) is 17.2 Å². The van der Waals surface area contributed by atoms with Gasteiger partial charge in [0.15, 0.2) is 0 Å². The average Bonchev–Trinajstić information content (AvgIpc) is 2.53. The van der Waals surface area contributed by atoms with E-state index < -0.39 is 0 Å². The maximum absolute atomic E-state index is 5.91. The zero-order chi connectivity index (χ0) is 16.7. The first-order valence-corrected chi connectivity index (χ1v) is 7.86. The van der Waals surface area contributed by atoms with Crippen LogP contribution in [0.5, 0.6) is 17.2 Å². The van der Waals surface area contributed by atoms with Gasteiger partial charge in [0.25, 0.3) is 0 Å². The van der Waals surface area contributed by atoms with Gasteiger partial charge in [-0.1, -0.05) is 17.7 Å². The van der Waals surface area contributed by atoms with Gasteiger partial charge in [0.2, 0.25) is 0 Å². The third-order valence-corrected chi connectivity index (χ3v) is 3.60. The smallest absolute Gasteiger partial charge is 0.142 e. The van der Waals surface area contributed by atoms with Crippen molar-refractivity contribution < 1.29 is 14.2 Å². The Morgan fingerprint density at radius 2 is 1.52 bits per heavy atom. The third-order valence-electron chi connectivity index (χ3n) is 3.60. The fraction of sp³-hybridized carbons (Fsp3) is 0.368. The van der Waals surface area contributed by atoms with E-state index in [4.69, 9.17) is 19.9 Å². The molecule has 4 nitrogen and oxygen atoms in total. The molecular weight excluding hydrogens is 290 g/mol. The summed E-state index contributed by atoms with van der Waals surface area (Å²) in [5.41, 5.74) is 8.93. The molecule has 2 N–H and O–H groups in total. The predicted molar refractivity (Wildman–Crippen MR) is 93.5 cm³/mol. The number of hydrogen-bond acceptors (Lipinski definition) is 4. The van der Waals surface area contributed by atoms with Crippen LogP contribution in [0.4, 0.5) is 5.69 Å². The van der Waals surface area contributed by atoms with E-state index in [0.29, 0.717) is 24.7 Å². The molecule has 0 saturated heterocycles. The highest BCUT2D eigenvalue weighted by Crippen LogP contribution is 2.26. The van der Waals surface area contributed by atoms with Gasteiger partial charge < -0.3 is 19.9 Å². The molecule has 0 aliphatic heterocycles. The summed E-state index contributed by atoms with van der Waals surface area (Å²) in [5.74, 6) is 2.38. The maximum Gasteiger partial charge on any atom is 0.142 e. The Bertz CT molecular complexity index is 641. The van der Waals surface area contributed by atoms with Gasteiger partial charge in [0.1, 0.15) is 17.2 Å². The second kappa shape index (κ2) is 8.32. The van der Waals surface area contributed by atoms with Crippen LogP contribution < -0.4 is 19.9 Å². The first-order chi connectivity index (χ1) is 11.1. The van der Waals surface area contributed by atoms with Gasteiger partial charge in [-0.15, -0.1) is 0 Å². The molecule has 2 aromatic carbocycles. The Labute approximate surface area is 138 Å². The molecule has 4 heteroatoms. The summed E-state index contributed by atoms with van der Waals surface area (Å²) in [6.45, 7) is 5.45. The average molecular weight is 315 g/mol. The first-order valence-electron chi connectivity index (χ1n) is 7.86. The van der Waals surface area contributed by atoms with E-state index in [9.17, 15) is 0 Å². The number of ether oxygens (including phenoxy) is 3. The summed E-state index contributed by atoms with van der Waals surface area (Å²) >= 11 is 0. The molecule has 0 fully saturated rings. The van der Waals surface area contributed by atoms with Crippen LogP contribution in [-0.4, -0.2) is 20.3 Å². The summed E-state index contributed by atoms with van der Waals surface area (Å²) < 4.78 is 16.6. The van der Waals surface area contributed by atoms with Crippen LogP contribution in [0.3, 0.4) is 0 Å². The van der Waals surface area contributed by atoms with Crippen molar-refractivity contribution >= 4 is 5.69 Å². The number of hydrogen-bond donors (Lipinski definition) is 1. The molecular formula is C19H25NO3. The molecule has 0 aliphatic rings. The van der Waals surface area contributed by atoms with Crippen LogP contribution in [-0.2, 0) is 0 Å². The van der Waals surface area contributed by atoms with E-state index >= 15 is 0 Å². The van der Waals surface area contributed by atoms with E-state index in [1.165, 1.54) is 11.1 Å². The summed E-state index contributed by atoms with van der Waals surface area (Å²) in [5, 5.41) is 0. The van der Waals surface area contributed by atoms with Crippen molar-refractivity contribution in [2.24, 2.45) is 0 Å². The van der Waals surface area contributed by atoms with Crippen molar-refractivity contribution in [2.45, 2.75) is 26.7 Å². The van der Waals surface area contributed by atoms with E-state index in [0.717, 1.165) is 24.3 Å². The minimum absolute atomic E-state index is 0.593. The van der Waals surface area contributed by atoms with Crippen LogP contribution in [0.25, 0.3) is 0 Å². The molecule has 0 atom stereocenters. The van der Waals surface area contributed by atoms with Gasteiger partial charge in [-0.3, -0.25) is 0 Å². The van der Waals surface area contributed by atoms with Gasteiger partial charge >= 0.3 is 0 Å². The standard InChI is InChI=1S/C19H25NO3/c1-14-6-8-18(15(2)12-14)22-10-4-5-11-23-19-9-7-16(21-3)13-17(19)20/h6-9,12-13H,4-5,10-11,20H2,1-3H3. The van der Waals surface area contributed by atoms with Crippen molar-refractivity contribution in [1.29, 1.82) is 0 Å². The summed E-state index contributed by atoms with van der Waals surface area (Å²) in [6, 6.07) is 11.7. The summed E-state index contributed by atoms with van der Waals surface area (Å²) in [7, 11) is 1.62. The molecule has 0 radical (unpaired) electrons. The van der Waals surface area contributed by atoms with Gasteiger partial charge in [-0.05, 0) is 50.5 Å². The number of methoxy groups -OCH3 is 1. The Kier molecular flexibility index (Phi) is 6.15. The predicted octanol–water partition coefficient (Wildman–Crippen LogP) is 4.13. The molecule has 0 saturated carbocycles. The van der Waals surface area contributed by atoms with Gasteiger partial charge in [0, 0.05) is 6.07 Å². The van der Waals surface area contributed by atoms with Crippen LogP contribution in [0.2, 0.25) is 0 Å². The lowest BCUT2D eigenvalue weighted by atomic mass is 10.1. The lowest BCUT2D eigenvalue weighted by molar-refractivity contribution is 0.266. The molecule has 0 aliphatic carbocycles. The third kappa shape index (κ3) is 5.09. The van der Waals surface area contributed by atoms with Crippen LogP contribution in [0.15, 0.2) is 36.4 Å². The molecule has 124 valence electrons. The van der Waals surface area contributed by atoms with Gasteiger partial charge in [-0.25, -0.2) is 0 Å². The summed E-state index contributed by atoms with van der Waals surface area (Å²) in [4.78, 5) is 0. The van der Waals surface area contributed by atoms with E-state index in [-0.39, 0.29) is 0 Å². The van der Waals surface area contributed by atoms with Crippen molar-refractivity contribution in [2.75, 3.05) is 26.1 Å². The largest absolute Gasteiger partial charge is 0.497 e. The minimum Gasteiger partial charge on any atom is -0.497 e. The van der Waals surface area contributed by atoms with E-state index in [1.807, 2.05) is 18.2 Å². The Morgan fingerprint density at radius 1 is 0.870 bits per heavy atom. The lowest BCUT2D eigenvalue weighted by Gasteiger charge is -2.11. The van der Waals surface area contributed by atoms with Crippen molar-refractivity contribution in [3.05, 3.63) is 47.5 Å². The number of aryl methyl sites for hydroxylation is 2. The molecule has 0 bridgehead atoms. The van der Waals surface area contributed by atoms with Crippen molar-refractivity contribution in [3.63, 3.8) is 0 Å². The van der Waals surface area contributed by atoms with Crippen LogP contribution in [0, 0.1) is 13.8 Å². The van der Waals surface area contributed by atoms with E-state index in [2.05, 4.69) is 26.0 Å². The topological polar surface area (TPSA) is 53.7 Å². The zero-order valence-corrected chi connectivity index (χ0v) is 14.1. The highest BCUT2D eigenvalue weighted by molar-refractivity contribution is 5.56. The molecule has 0 heterocycles. The molecule has 0 unspecified atom stereocenters. The van der Waals surface area contributed by atoms with Crippen molar-refractivity contribution in [1.82, 2.24) is 0 Å². The highest BCUT2D eigenvalue weighted by atomic mass is 16.5. The maximum atomic E-state index is 5.91.